The van der Waals surface area contributed by atoms with Crippen LogP contribution in [0.2, 0.25) is 0 Å². The van der Waals surface area contributed by atoms with Gasteiger partial charge in [0.2, 0.25) is 0 Å². The normalized spacial score (nSPS) is 11.3. The summed E-state index contributed by atoms with van der Waals surface area (Å²) in [5, 5.41) is 2.12. The molecule has 102 valence electrons. The number of rotatable bonds is 2. The molecule has 0 aliphatic heterocycles. The van der Waals surface area contributed by atoms with E-state index >= 15 is 0 Å². The molecule has 0 unspecified atom stereocenters. The SMILES string of the molecule is CCc1ccc(-c2cncc3c2oc2ccccc23)nc1. The van der Waals surface area contributed by atoms with E-state index < -0.39 is 0 Å². The molecule has 0 aliphatic rings. The molecule has 0 bridgehead atoms. The fourth-order valence-electron chi connectivity index (χ4n) is 2.61. The van der Waals surface area contributed by atoms with Gasteiger partial charge in [-0.15, -0.1) is 0 Å². The van der Waals surface area contributed by atoms with Gasteiger partial charge in [-0.25, -0.2) is 0 Å². The topological polar surface area (TPSA) is 38.9 Å². The highest BCUT2D eigenvalue weighted by atomic mass is 16.3. The van der Waals surface area contributed by atoms with Gasteiger partial charge in [-0.2, -0.15) is 0 Å². The van der Waals surface area contributed by atoms with Crippen LogP contribution in [0.4, 0.5) is 0 Å². The standard InChI is InChI=1S/C18H14N2O/c1-2-12-7-8-16(20-9-12)15-11-19-10-14-13-5-3-4-6-17(13)21-18(14)15/h3-11H,2H2,1H3. The summed E-state index contributed by atoms with van der Waals surface area (Å²) in [6.07, 6.45) is 6.57. The van der Waals surface area contributed by atoms with E-state index in [9.17, 15) is 0 Å². The Bertz CT molecular complexity index is 923. The maximum absolute atomic E-state index is 6.01. The van der Waals surface area contributed by atoms with E-state index in [2.05, 4.69) is 29.0 Å². The minimum atomic E-state index is 0.850. The lowest BCUT2D eigenvalue weighted by Gasteiger charge is -2.02. The van der Waals surface area contributed by atoms with Crippen LogP contribution in [0.3, 0.4) is 0 Å². The zero-order valence-corrected chi connectivity index (χ0v) is 11.7. The summed E-state index contributed by atoms with van der Waals surface area (Å²) >= 11 is 0. The van der Waals surface area contributed by atoms with E-state index in [1.165, 1.54) is 5.56 Å². The molecule has 0 spiro atoms. The van der Waals surface area contributed by atoms with Crippen LogP contribution in [0, 0.1) is 0 Å². The molecule has 4 rings (SSSR count). The average molecular weight is 274 g/mol. The highest BCUT2D eigenvalue weighted by molar-refractivity contribution is 6.08. The molecule has 3 heterocycles. The van der Waals surface area contributed by atoms with Crippen LogP contribution in [0.5, 0.6) is 0 Å². The number of hydrogen-bond donors (Lipinski definition) is 0. The van der Waals surface area contributed by atoms with E-state index in [1.54, 1.807) is 0 Å². The summed E-state index contributed by atoms with van der Waals surface area (Å²) < 4.78 is 6.01. The molecule has 3 heteroatoms. The third kappa shape index (κ3) is 1.89. The first-order valence-electron chi connectivity index (χ1n) is 7.07. The molecule has 0 saturated carbocycles. The summed E-state index contributed by atoms with van der Waals surface area (Å²) in [5.41, 5.74) is 4.79. The Balaban J connectivity index is 1.99. The summed E-state index contributed by atoms with van der Waals surface area (Å²) in [4.78, 5) is 8.89. The number of para-hydroxylation sites is 1. The lowest BCUT2D eigenvalue weighted by Crippen LogP contribution is -1.88. The minimum Gasteiger partial charge on any atom is -0.455 e. The lowest BCUT2D eigenvalue weighted by molar-refractivity contribution is 0.669. The monoisotopic (exact) mass is 274 g/mol. The highest BCUT2D eigenvalue weighted by Crippen LogP contribution is 2.33. The van der Waals surface area contributed by atoms with E-state index in [4.69, 9.17) is 4.42 Å². The molecule has 0 atom stereocenters. The van der Waals surface area contributed by atoms with E-state index in [-0.39, 0.29) is 0 Å². The Morgan fingerprint density at radius 1 is 0.952 bits per heavy atom. The molecular weight excluding hydrogens is 260 g/mol. The van der Waals surface area contributed by atoms with Gasteiger partial charge in [0.25, 0.3) is 0 Å². The maximum atomic E-state index is 6.01. The summed E-state index contributed by atoms with van der Waals surface area (Å²) in [7, 11) is 0. The van der Waals surface area contributed by atoms with E-state index in [0.29, 0.717) is 0 Å². The van der Waals surface area contributed by atoms with Crippen LogP contribution in [0.25, 0.3) is 33.2 Å². The number of hydrogen-bond acceptors (Lipinski definition) is 3. The quantitative estimate of drug-likeness (QED) is 0.536. The maximum Gasteiger partial charge on any atom is 0.147 e. The van der Waals surface area contributed by atoms with Crippen LogP contribution in [-0.4, -0.2) is 9.97 Å². The largest absolute Gasteiger partial charge is 0.455 e. The lowest BCUT2D eigenvalue weighted by atomic mass is 10.1. The number of benzene rings is 1. The average Bonchev–Trinajstić information content (AvgIpc) is 2.94. The van der Waals surface area contributed by atoms with Crippen molar-refractivity contribution in [2.24, 2.45) is 0 Å². The van der Waals surface area contributed by atoms with Gasteiger partial charge in [0.05, 0.1) is 11.3 Å². The molecule has 0 saturated heterocycles. The smallest absolute Gasteiger partial charge is 0.147 e. The summed E-state index contributed by atoms with van der Waals surface area (Å²) in [6, 6.07) is 12.2. The molecule has 3 aromatic heterocycles. The van der Waals surface area contributed by atoms with E-state index in [0.717, 1.165) is 39.6 Å². The second kappa shape index (κ2) is 4.70. The van der Waals surface area contributed by atoms with Crippen LogP contribution in [-0.2, 0) is 6.42 Å². The highest BCUT2D eigenvalue weighted by Gasteiger charge is 2.12. The molecule has 4 aromatic rings. The number of aromatic nitrogens is 2. The van der Waals surface area contributed by atoms with Crippen molar-refractivity contribution >= 4 is 21.9 Å². The number of fused-ring (bicyclic) bond motifs is 3. The molecule has 0 fully saturated rings. The molecule has 1 aromatic carbocycles. The number of nitrogens with zero attached hydrogens (tertiary/aromatic N) is 2. The molecule has 0 radical (unpaired) electrons. The predicted octanol–water partition coefficient (Wildman–Crippen LogP) is 4.61. The zero-order chi connectivity index (χ0) is 14.2. The Kier molecular flexibility index (Phi) is 2.71. The van der Waals surface area contributed by atoms with Crippen molar-refractivity contribution in [2.75, 3.05) is 0 Å². The fraction of sp³-hybridized carbons (Fsp3) is 0.111. The van der Waals surface area contributed by atoms with Crippen LogP contribution >= 0.6 is 0 Å². The van der Waals surface area contributed by atoms with Crippen molar-refractivity contribution in [1.82, 2.24) is 9.97 Å². The van der Waals surface area contributed by atoms with Crippen molar-refractivity contribution < 1.29 is 4.42 Å². The van der Waals surface area contributed by atoms with Gasteiger partial charge in [0.1, 0.15) is 11.2 Å². The van der Waals surface area contributed by atoms with Gasteiger partial charge in [-0.05, 0) is 24.1 Å². The Morgan fingerprint density at radius 2 is 1.86 bits per heavy atom. The third-order valence-electron chi connectivity index (χ3n) is 3.79. The Hall–Kier alpha value is -2.68. The second-order valence-electron chi connectivity index (χ2n) is 5.07. The van der Waals surface area contributed by atoms with Crippen LogP contribution in [0.1, 0.15) is 12.5 Å². The molecular formula is C18H14N2O. The molecule has 0 amide bonds. The summed E-state index contributed by atoms with van der Waals surface area (Å²) in [5.74, 6) is 0. The van der Waals surface area contributed by atoms with Gasteiger partial charge in [0, 0.05) is 29.4 Å². The van der Waals surface area contributed by atoms with Crippen LogP contribution in [0.15, 0.2) is 59.4 Å². The first-order valence-corrected chi connectivity index (χ1v) is 7.07. The molecule has 0 N–H and O–H groups in total. The zero-order valence-electron chi connectivity index (χ0n) is 11.7. The first kappa shape index (κ1) is 12.1. The minimum absolute atomic E-state index is 0.850. The van der Waals surface area contributed by atoms with Crippen molar-refractivity contribution in [3.63, 3.8) is 0 Å². The predicted molar refractivity (Wildman–Crippen MR) is 84.1 cm³/mol. The first-order chi connectivity index (χ1) is 10.4. The number of pyridine rings is 2. The third-order valence-corrected chi connectivity index (χ3v) is 3.79. The van der Waals surface area contributed by atoms with Crippen molar-refractivity contribution in [2.45, 2.75) is 13.3 Å². The summed E-state index contributed by atoms with van der Waals surface area (Å²) in [6.45, 7) is 2.12. The number of furan rings is 1. The van der Waals surface area contributed by atoms with Gasteiger partial charge in [0.15, 0.2) is 0 Å². The van der Waals surface area contributed by atoms with Gasteiger partial charge >= 0.3 is 0 Å². The Morgan fingerprint density at radius 3 is 2.67 bits per heavy atom. The molecule has 0 aliphatic carbocycles. The fourth-order valence-corrected chi connectivity index (χ4v) is 2.61. The Labute approximate surface area is 122 Å². The van der Waals surface area contributed by atoms with Gasteiger partial charge < -0.3 is 4.42 Å². The second-order valence-corrected chi connectivity index (χ2v) is 5.07. The van der Waals surface area contributed by atoms with Crippen molar-refractivity contribution in [3.05, 3.63) is 60.6 Å². The van der Waals surface area contributed by atoms with Gasteiger partial charge in [-0.3, -0.25) is 9.97 Å². The number of aryl methyl sites for hydroxylation is 1. The van der Waals surface area contributed by atoms with Crippen molar-refractivity contribution in [1.29, 1.82) is 0 Å². The molecule has 21 heavy (non-hydrogen) atoms. The van der Waals surface area contributed by atoms with Crippen molar-refractivity contribution in [3.8, 4) is 11.3 Å². The molecule has 3 nitrogen and oxygen atoms in total. The van der Waals surface area contributed by atoms with E-state index in [1.807, 2.05) is 42.9 Å². The van der Waals surface area contributed by atoms with Crippen LogP contribution < -0.4 is 0 Å². The van der Waals surface area contributed by atoms with Gasteiger partial charge in [-0.1, -0.05) is 31.2 Å².